The molecular weight excluding hydrogens is 230 g/mol. The molecule has 0 aliphatic heterocycles. The van der Waals surface area contributed by atoms with E-state index in [1.807, 2.05) is 6.92 Å². The monoisotopic (exact) mass is 247 g/mol. The third-order valence-corrected chi connectivity index (χ3v) is 2.59. The van der Waals surface area contributed by atoms with Crippen molar-refractivity contribution in [3.8, 4) is 23.8 Å². The molecule has 18 heavy (non-hydrogen) atoms. The molecular formula is C14H17NO3. The number of benzene rings is 1. The fraction of sp³-hybridized carbons (Fsp3) is 0.357. The van der Waals surface area contributed by atoms with Gasteiger partial charge in [-0.3, -0.25) is 4.79 Å². The van der Waals surface area contributed by atoms with Crippen LogP contribution in [0.1, 0.15) is 17.3 Å². The molecule has 0 spiro atoms. The molecule has 1 aromatic carbocycles. The van der Waals surface area contributed by atoms with Crippen LogP contribution in [0.2, 0.25) is 0 Å². The van der Waals surface area contributed by atoms with Crippen molar-refractivity contribution in [2.75, 3.05) is 27.3 Å². The Morgan fingerprint density at radius 2 is 2.11 bits per heavy atom. The van der Waals surface area contributed by atoms with E-state index < -0.39 is 0 Å². The van der Waals surface area contributed by atoms with E-state index >= 15 is 0 Å². The average Bonchev–Trinajstić information content (AvgIpc) is 2.43. The quantitative estimate of drug-likeness (QED) is 0.745. The zero-order chi connectivity index (χ0) is 13.5. The summed E-state index contributed by atoms with van der Waals surface area (Å²) in [6.07, 6.45) is 5.24. The molecule has 1 aromatic rings. The van der Waals surface area contributed by atoms with E-state index in [1.54, 1.807) is 30.2 Å². The number of terminal acetylenes is 1. The van der Waals surface area contributed by atoms with E-state index in [9.17, 15) is 4.79 Å². The van der Waals surface area contributed by atoms with Gasteiger partial charge in [0.25, 0.3) is 5.91 Å². The summed E-state index contributed by atoms with van der Waals surface area (Å²) in [5.41, 5.74) is 0.482. The molecule has 0 heterocycles. The summed E-state index contributed by atoms with van der Waals surface area (Å²) in [5, 5.41) is 0. The lowest BCUT2D eigenvalue weighted by molar-refractivity contribution is 0.0781. The van der Waals surface area contributed by atoms with Crippen molar-refractivity contribution in [3.63, 3.8) is 0 Å². The predicted octanol–water partition coefficient (Wildman–Crippen LogP) is 1.80. The first kappa shape index (κ1) is 13.9. The molecule has 0 aromatic heterocycles. The number of carbonyl (C=O) groups excluding carboxylic acids is 1. The van der Waals surface area contributed by atoms with Crippen LogP contribution in [0.15, 0.2) is 18.2 Å². The minimum Gasteiger partial charge on any atom is -0.497 e. The molecule has 0 bridgehead atoms. The van der Waals surface area contributed by atoms with Gasteiger partial charge in [-0.15, -0.1) is 6.42 Å². The lowest BCUT2D eigenvalue weighted by Gasteiger charge is -2.19. The van der Waals surface area contributed by atoms with Crippen LogP contribution in [0.25, 0.3) is 0 Å². The van der Waals surface area contributed by atoms with Gasteiger partial charge < -0.3 is 14.4 Å². The summed E-state index contributed by atoms with van der Waals surface area (Å²) < 4.78 is 10.3. The molecule has 1 rings (SSSR count). The van der Waals surface area contributed by atoms with Crippen LogP contribution in [-0.4, -0.2) is 38.1 Å². The summed E-state index contributed by atoms with van der Waals surface area (Å²) in [6, 6.07) is 5.08. The molecule has 0 saturated heterocycles. The average molecular weight is 247 g/mol. The van der Waals surface area contributed by atoms with Crippen molar-refractivity contribution in [1.29, 1.82) is 0 Å². The second-order valence-corrected chi connectivity index (χ2v) is 3.59. The number of amides is 1. The Hall–Kier alpha value is -2.15. The SMILES string of the molecule is C#CCN(CC)C(=O)c1ccc(OC)cc1OC. The zero-order valence-corrected chi connectivity index (χ0v) is 10.9. The highest BCUT2D eigenvalue weighted by Gasteiger charge is 2.18. The van der Waals surface area contributed by atoms with Gasteiger partial charge in [-0.2, -0.15) is 0 Å². The Morgan fingerprint density at radius 1 is 1.39 bits per heavy atom. The first-order chi connectivity index (χ1) is 8.67. The third-order valence-electron chi connectivity index (χ3n) is 2.59. The lowest BCUT2D eigenvalue weighted by Crippen LogP contribution is -2.31. The predicted molar refractivity (Wildman–Crippen MR) is 70.0 cm³/mol. The fourth-order valence-electron chi connectivity index (χ4n) is 1.58. The van der Waals surface area contributed by atoms with Crippen LogP contribution in [0.4, 0.5) is 0 Å². The molecule has 96 valence electrons. The summed E-state index contributed by atoms with van der Waals surface area (Å²) in [4.78, 5) is 13.8. The van der Waals surface area contributed by atoms with E-state index in [1.165, 1.54) is 7.11 Å². The van der Waals surface area contributed by atoms with Crippen molar-refractivity contribution >= 4 is 5.91 Å². The van der Waals surface area contributed by atoms with E-state index in [-0.39, 0.29) is 12.5 Å². The maximum Gasteiger partial charge on any atom is 0.258 e. The third kappa shape index (κ3) is 2.95. The van der Waals surface area contributed by atoms with Crippen molar-refractivity contribution < 1.29 is 14.3 Å². The molecule has 0 atom stereocenters. The number of hydrogen-bond donors (Lipinski definition) is 0. The van der Waals surface area contributed by atoms with Gasteiger partial charge in [0.05, 0.1) is 26.3 Å². The minimum absolute atomic E-state index is 0.144. The molecule has 4 heteroatoms. The van der Waals surface area contributed by atoms with Gasteiger partial charge in [0, 0.05) is 12.6 Å². The molecule has 0 radical (unpaired) electrons. The first-order valence-corrected chi connectivity index (χ1v) is 5.62. The van der Waals surface area contributed by atoms with E-state index in [0.29, 0.717) is 23.6 Å². The van der Waals surface area contributed by atoms with Crippen LogP contribution in [0.5, 0.6) is 11.5 Å². The Kier molecular flexibility index (Phi) is 5.06. The van der Waals surface area contributed by atoms with Gasteiger partial charge in [0.1, 0.15) is 11.5 Å². The van der Waals surface area contributed by atoms with Gasteiger partial charge in [0.15, 0.2) is 0 Å². The summed E-state index contributed by atoms with van der Waals surface area (Å²) >= 11 is 0. The highest BCUT2D eigenvalue weighted by Crippen LogP contribution is 2.25. The van der Waals surface area contributed by atoms with E-state index in [0.717, 1.165) is 0 Å². The highest BCUT2D eigenvalue weighted by molar-refractivity contribution is 5.97. The standard InChI is InChI=1S/C14H17NO3/c1-5-9-15(6-2)14(16)12-8-7-11(17-3)10-13(12)18-4/h1,7-8,10H,6,9H2,2-4H3. The summed E-state index contributed by atoms with van der Waals surface area (Å²) in [5.74, 6) is 3.45. The van der Waals surface area contributed by atoms with Gasteiger partial charge in [-0.25, -0.2) is 0 Å². The number of rotatable bonds is 5. The van der Waals surface area contributed by atoms with Crippen LogP contribution in [0.3, 0.4) is 0 Å². The molecule has 0 saturated carbocycles. The van der Waals surface area contributed by atoms with Crippen molar-refractivity contribution in [2.24, 2.45) is 0 Å². The van der Waals surface area contributed by atoms with Crippen molar-refractivity contribution in [2.45, 2.75) is 6.92 Å². The van der Waals surface area contributed by atoms with Crippen LogP contribution < -0.4 is 9.47 Å². The summed E-state index contributed by atoms with van der Waals surface area (Å²) in [7, 11) is 3.08. The Morgan fingerprint density at radius 3 is 2.61 bits per heavy atom. The van der Waals surface area contributed by atoms with Crippen molar-refractivity contribution in [3.05, 3.63) is 23.8 Å². The number of nitrogens with zero attached hydrogens (tertiary/aromatic N) is 1. The highest BCUT2D eigenvalue weighted by atomic mass is 16.5. The van der Waals surface area contributed by atoms with Crippen LogP contribution >= 0.6 is 0 Å². The molecule has 4 nitrogen and oxygen atoms in total. The number of carbonyl (C=O) groups is 1. The Labute approximate surface area is 107 Å². The molecule has 1 amide bonds. The zero-order valence-electron chi connectivity index (χ0n) is 10.9. The largest absolute Gasteiger partial charge is 0.497 e. The van der Waals surface area contributed by atoms with Crippen LogP contribution in [0, 0.1) is 12.3 Å². The topological polar surface area (TPSA) is 38.8 Å². The Balaban J connectivity index is 3.08. The maximum atomic E-state index is 12.3. The van der Waals surface area contributed by atoms with E-state index in [4.69, 9.17) is 15.9 Å². The number of hydrogen-bond acceptors (Lipinski definition) is 3. The van der Waals surface area contributed by atoms with Gasteiger partial charge in [-0.1, -0.05) is 5.92 Å². The van der Waals surface area contributed by atoms with Crippen LogP contribution in [-0.2, 0) is 0 Å². The smallest absolute Gasteiger partial charge is 0.258 e. The number of ether oxygens (including phenoxy) is 2. The molecule has 0 aliphatic carbocycles. The van der Waals surface area contributed by atoms with Crippen molar-refractivity contribution in [1.82, 2.24) is 4.90 Å². The summed E-state index contributed by atoms with van der Waals surface area (Å²) in [6.45, 7) is 2.72. The maximum absolute atomic E-state index is 12.3. The molecule has 0 aliphatic rings. The van der Waals surface area contributed by atoms with Gasteiger partial charge >= 0.3 is 0 Å². The van der Waals surface area contributed by atoms with Gasteiger partial charge in [0.2, 0.25) is 0 Å². The first-order valence-electron chi connectivity index (χ1n) is 5.62. The Bertz CT molecular complexity index is 463. The minimum atomic E-state index is -0.144. The normalized spacial score (nSPS) is 9.44. The molecule has 0 fully saturated rings. The fourth-order valence-corrected chi connectivity index (χ4v) is 1.58. The molecule has 0 N–H and O–H groups in total. The molecule has 0 unspecified atom stereocenters. The van der Waals surface area contributed by atoms with Gasteiger partial charge in [-0.05, 0) is 19.1 Å². The number of methoxy groups -OCH3 is 2. The van der Waals surface area contributed by atoms with E-state index in [2.05, 4.69) is 5.92 Å². The second kappa shape index (κ2) is 6.55. The lowest BCUT2D eigenvalue weighted by atomic mass is 10.1. The second-order valence-electron chi connectivity index (χ2n) is 3.59.